The van der Waals surface area contributed by atoms with Crippen molar-refractivity contribution in [1.29, 1.82) is 0 Å². The molecule has 0 aliphatic rings. The van der Waals surface area contributed by atoms with E-state index in [-0.39, 0.29) is 6.04 Å². The third-order valence-electron chi connectivity index (χ3n) is 2.48. The summed E-state index contributed by atoms with van der Waals surface area (Å²) < 4.78 is 0. The molecule has 2 N–H and O–H groups in total. The zero-order chi connectivity index (χ0) is 10.7. The maximum atomic E-state index is 6.00. The van der Waals surface area contributed by atoms with Crippen LogP contribution in [0, 0.1) is 0 Å². The quantitative estimate of drug-likeness (QED) is 0.770. The Morgan fingerprint density at radius 2 is 2.27 bits per heavy atom. The Kier molecular flexibility index (Phi) is 2.79. The number of pyridine rings is 1. The van der Waals surface area contributed by atoms with Crippen LogP contribution in [0.5, 0.6) is 0 Å². The highest BCUT2D eigenvalue weighted by Gasteiger charge is 2.04. The smallest absolute Gasteiger partial charge is 0.0702 e. The highest BCUT2D eigenvalue weighted by molar-refractivity contribution is 5.79. The third-order valence-corrected chi connectivity index (χ3v) is 2.48. The first-order chi connectivity index (χ1) is 7.31. The van der Waals surface area contributed by atoms with Crippen molar-refractivity contribution in [2.24, 2.45) is 5.73 Å². The van der Waals surface area contributed by atoms with Gasteiger partial charge in [0.25, 0.3) is 0 Å². The normalized spacial score (nSPS) is 12.6. The van der Waals surface area contributed by atoms with Crippen LogP contribution in [0.25, 0.3) is 10.9 Å². The largest absolute Gasteiger partial charge is 0.324 e. The van der Waals surface area contributed by atoms with Crippen molar-refractivity contribution in [2.45, 2.75) is 12.5 Å². The predicted molar refractivity (Wildman–Crippen MR) is 63.5 cm³/mol. The van der Waals surface area contributed by atoms with Crippen LogP contribution in [0.1, 0.15) is 18.0 Å². The molecule has 15 heavy (non-hydrogen) atoms. The van der Waals surface area contributed by atoms with Crippen LogP contribution in [0.4, 0.5) is 0 Å². The zero-order valence-corrected chi connectivity index (χ0v) is 8.56. The molecule has 0 radical (unpaired) electrons. The van der Waals surface area contributed by atoms with Crippen LogP contribution in [-0.2, 0) is 0 Å². The van der Waals surface area contributed by atoms with Crippen LogP contribution in [0.15, 0.2) is 49.2 Å². The van der Waals surface area contributed by atoms with E-state index in [2.05, 4.69) is 17.6 Å². The topological polar surface area (TPSA) is 38.9 Å². The maximum absolute atomic E-state index is 6.00. The molecule has 2 nitrogen and oxygen atoms in total. The van der Waals surface area contributed by atoms with Crippen LogP contribution >= 0.6 is 0 Å². The fourth-order valence-electron chi connectivity index (χ4n) is 1.64. The molecule has 0 aliphatic carbocycles. The summed E-state index contributed by atoms with van der Waals surface area (Å²) in [5.41, 5.74) is 8.15. The summed E-state index contributed by atoms with van der Waals surface area (Å²) in [6.07, 6.45) is 4.44. The molecular formula is C13H14N2. The first-order valence-electron chi connectivity index (χ1n) is 5.02. The van der Waals surface area contributed by atoms with Crippen molar-refractivity contribution in [2.75, 3.05) is 0 Å². The lowest BCUT2D eigenvalue weighted by Crippen LogP contribution is -2.08. The van der Waals surface area contributed by atoms with Crippen molar-refractivity contribution in [3.8, 4) is 0 Å². The summed E-state index contributed by atoms with van der Waals surface area (Å²) in [5.74, 6) is 0. The van der Waals surface area contributed by atoms with Gasteiger partial charge in [0.2, 0.25) is 0 Å². The molecule has 0 amide bonds. The first-order valence-corrected chi connectivity index (χ1v) is 5.02. The van der Waals surface area contributed by atoms with Crippen molar-refractivity contribution in [3.05, 3.63) is 54.7 Å². The fraction of sp³-hybridized carbons (Fsp3) is 0.154. The molecule has 1 unspecified atom stereocenters. The number of nitrogens with two attached hydrogens (primary N) is 1. The second kappa shape index (κ2) is 4.24. The monoisotopic (exact) mass is 198 g/mol. The molecule has 1 aromatic carbocycles. The molecule has 0 saturated heterocycles. The SMILES string of the molecule is C=CCC(N)c1ccc2ncccc2c1. The summed E-state index contributed by atoms with van der Waals surface area (Å²) in [6, 6.07) is 10.2. The molecule has 1 aromatic heterocycles. The first kappa shape index (κ1) is 9.87. The lowest BCUT2D eigenvalue weighted by atomic mass is 10.0. The van der Waals surface area contributed by atoms with Gasteiger partial charge in [-0.15, -0.1) is 6.58 Å². The van der Waals surface area contributed by atoms with E-state index in [4.69, 9.17) is 5.73 Å². The molecule has 1 atom stereocenters. The number of benzene rings is 1. The van der Waals surface area contributed by atoms with Crippen molar-refractivity contribution >= 4 is 10.9 Å². The number of aromatic nitrogens is 1. The molecule has 0 spiro atoms. The van der Waals surface area contributed by atoms with E-state index in [0.29, 0.717) is 0 Å². The molecule has 0 saturated carbocycles. The van der Waals surface area contributed by atoms with Gasteiger partial charge in [-0.3, -0.25) is 4.98 Å². The van der Waals surface area contributed by atoms with Crippen LogP contribution in [0.2, 0.25) is 0 Å². The van der Waals surface area contributed by atoms with Gasteiger partial charge in [-0.2, -0.15) is 0 Å². The van der Waals surface area contributed by atoms with Crippen molar-refractivity contribution in [1.82, 2.24) is 4.98 Å². The van der Waals surface area contributed by atoms with E-state index in [1.165, 1.54) is 0 Å². The minimum atomic E-state index is 0.0344. The van der Waals surface area contributed by atoms with Crippen LogP contribution in [-0.4, -0.2) is 4.98 Å². The molecule has 76 valence electrons. The Balaban J connectivity index is 2.42. The summed E-state index contributed by atoms with van der Waals surface area (Å²) in [4.78, 5) is 4.27. The van der Waals surface area contributed by atoms with E-state index >= 15 is 0 Å². The molecular weight excluding hydrogens is 184 g/mol. The van der Waals surface area contributed by atoms with E-state index < -0.39 is 0 Å². The van der Waals surface area contributed by atoms with Gasteiger partial charge >= 0.3 is 0 Å². The Morgan fingerprint density at radius 3 is 3.07 bits per heavy atom. The van der Waals surface area contributed by atoms with Gasteiger partial charge in [0, 0.05) is 17.6 Å². The standard InChI is InChI=1S/C13H14N2/c1-2-4-12(14)10-6-7-13-11(9-10)5-3-8-15-13/h2-3,5-9,12H,1,4,14H2. The van der Waals surface area contributed by atoms with Crippen molar-refractivity contribution < 1.29 is 0 Å². The minimum Gasteiger partial charge on any atom is -0.324 e. The Labute approximate surface area is 89.4 Å². The lowest BCUT2D eigenvalue weighted by molar-refractivity contribution is 0.743. The highest BCUT2D eigenvalue weighted by atomic mass is 14.6. The van der Waals surface area contributed by atoms with E-state index in [1.54, 1.807) is 6.20 Å². The third kappa shape index (κ3) is 2.05. The molecule has 0 bridgehead atoms. The second-order valence-corrected chi connectivity index (χ2v) is 3.59. The van der Waals surface area contributed by atoms with Gasteiger partial charge in [0.15, 0.2) is 0 Å². The van der Waals surface area contributed by atoms with E-state index in [9.17, 15) is 0 Å². The van der Waals surface area contributed by atoms with Gasteiger partial charge in [-0.25, -0.2) is 0 Å². The predicted octanol–water partition coefficient (Wildman–Crippen LogP) is 2.81. The van der Waals surface area contributed by atoms with Gasteiger partial charge in [0.1, 0.15) is 0 Å². The summed E-state index contributed by atoms with van der Waals surface area (Å²) in [6.45, 7) is 3.70. The average molecular weight is 198 g/mol. The Hall–Kier alpha value is -1.67. The van der Waals surface area contributed by atoms with Crippen LogP contribution < -0.4 is 5.73 Å². The Bertz CT molecular complexity index is 477. The summed E-state index contributed by atoms with van der Waals surface area (Å²) in [7, 11) is 0. The summed E-state index contributed by atoms with van der Waals surface area (Å²) in [5, 5.41) is 1.13. The van der Waals surface area contributed by atoms with Gasteiger partial charge in [-0.05, 0) is 30.2 Å². The number of fused-ring (bicyclic) bond motifs is 1. The summed E-state index contributed by atoms with van der Waals surface area (Å²) >= 11 is 0. The average Bonchev–Trinajstić information content (AvgIpc) is 2.29. The number of rotatable bonds is 3. The second-order valence-electron chi connectivity index (χ2n) is 3.59. The van der Waals surface area contributed by atoms with Crippen molar-refractivity contribution in [3.63, 3.8) is 0 Å². The molecule has 0 aliphatic heterocycles. The molecule has 0 fully saturated rings. The lowest BCUT2D eigenvalue weighted by Gasteiger charge is -2.09. The molecule has 2 aromatic rings. The number of nitrogens with zero attached hydrogens (tertiary/aromatic N) is 1. The number of hydrogen-bond acceptors (Lipinski definition) is 2. The van der Waals surface area contributed by atoms with Gasteiger partial charge in [-0.1, -0.05) is 18.2 Å². The zero-order valence-electron chi connectivity index (χ0n) is 8.56. The molecule has 2 rings (SSSR count). The van der Waals surface area contributed by atoms with E-state index in [1.807, 2.05) is 30.3 Å². The maximum Gasteiger partial charge on any atom is 0.0702 e. The van der Waals surface area contributed by atoms with Gasteiger partial charge < -0.3 is 5.73 Å². The fourth-order valence-corrected chi connectivity index (χ4v) is 1.64. The Morgan fingerprint density at radius 1 is 1.40 bits per heavy atom. The molecule has 2 heteroatoms. The minimum absolute atomic E-state index is 0.0344. The highest BCUT2D eigenvalue weighted by Crippen LogP contribution is 2.19. The van der Waals surface area contributed by atoms with Crippen LogP contribution in [0.3, 0.4) is 0 Å². The van der Waals surface area contributed by atoms with Gasteiger partial charge in [0.05, 0.1) is 5.52 Å². The number of hydrogen-bond donors (Lipinski definition) is 1. The van der Waals surface area contributed by atoms with E-state index in [0.717, 1.165) is 22.9 Å². The molecule has 1 heterocycles.